The summed E-state index contributed by atoms with van der Waals surface area (Å²) in [5, 5.41) is 28.8. The van der Waals surface area contributed by atoms with E-state index in [0.29, 0.717) is 0 Å². The first-order chi connectivity index (χ1) is 16.5. The molecular weight excluding hydrogens is 539 g/mol. The molecule has 15 heteroatoms. The summed E-state index contributed by atoms with van der Waals surface area (Å²) in [6, 6.07) is 5.09. The van der Waals surface area contributed by atoms with E-state index in [1.165, 1.54) is 0 Å². The Morgan fingerprint density at radius 2 is 1.50 bits per heavy atom. The summed E-state index contributed by atoms with van der Waals surface area (Å²) < 4.78 is 33.0. The number of aromatic amines is 1. The third-order valence-electron chi connectivity index (χ3n) is 4.82. The van der Waals surface area contributed by atoms with Gasteiger partial charge in [0.2, 0.25) is 0 Å². The molecule has 36 heavy (non-hydrogen) atoms. The average Bonchev–Trinajstić information content (AvgIpc) is 3.09. The summed E-state index contributed by atoms with van der Waals surface area (Å²) >= 11 is 11.9. The number of nitrogens with zero attached hydrogens (tertiary/aromatic N) is 3. The molecule has 0 amide bonds. The Hall–Kier alpha value is -3.52. The van der Waals surface area contributed by atoms with Crippen molar-refractivity contribution in [2.45, 2.75) is 31.1 Å². The fourth-order valence-electron chi connectivity index (χ4n) is 3.11. The second-order valence-electron chi connectivity index (χ2n) is 8.51. The van der Waals surface area contributed by atoms with Gasteiger partial charge < -0.3 is 10.2 Å². The lowest BCUT2D eigenvalue weighted by Crippen LogP contribution is -2.16. The van der Waals surface area contributed by atoms with Crippen LogP contribution in [0.25, 0.3) is 5.69 Å². The first-order valence-electron chi connectivity index (χ1n) is 9.86. The molecule has 0 atom stereocenters. The van der Waals surface area contributed by atoms with Gasteiger partial charge in [-0.15, -0.1) is 10.2 Å². The Morgan fingerprint density at radius 3 is 1.97 bits per heavy atom. The molecule has 1 heterocycles. The second-order valence-corrected chi connectivity index (χ2v) is 10.7. The lowest BCUT2D eigenvalue weighted by Gasteiger charge is -2.16. The Balaban J connectivity index is 2.22. The molecule has 0 aliphatic carbocycles. The topological polar surface area (TPSA) is 191 Å². The molecule has 1 aromatic heterocycles. The van der Waals surface area contributed by atoms with Crippen molar-refractivity contribution in [1.82, 2.24) is 9.78 Å². The summed E-state index contributed by atoms with van der Waals surface area (Å²) in [5.74, 6) is -2.79. The van der Waals surface area contributed by atoms with Gasteiger partial charge in [0.15, 0.2) is 5.69 Å². The van der Waals surface area contributed by atoms with Gasteiger partial charge in [-0.2, -0.15) is 8.42 Å². The van der Waals surface area contributed by atoms with Crippen LogP contribution in [0.3, 0.4) is 0 Å². The minimum absolute atomic E-state index is 0.0668. The van der Waals surface area contributed by atoms with Crippen molar-refractivity contribution in [3.05, 3.63) is 67.6 Å². The van der Waals surface area contributed by atoms with E-state index < -0.39 is 37.9 Å². The maximum Gasteiger partial charge on any atom is 0.335 e. The number of aromatic nitrogens is 2. The van der Waals surface area contributed by atoms with Gasteiger partial charge in [0.1, 0.15) is 10.6 Å². The molecule has 12 nitrogen and oxygen atoms in total. The summed E-state index contributed by atoms with van der Waals surface area (Å²) in [7, 11) is -4.65. The zero-order valence-corrected chi connectivity index (χ0v) is 21.1. The first-order valence-corrected chi connectivity index (χ1v) is 12.1. The highest BCUT2D eigenvalue weighted by molar-refractivity contribution is 7.86. The van der Waals surface area contributed by atoms with E-state index in [-0.39, 0.29) is 43.9 Å². The van der Waals surface area contributed by atoms with Crippen LogP contribution in [0.4, 0.5) is 11.4 Å². The van der Waals surface area contributed by atoms with Crippen LogP contribution >= 0.6 is 23.2 Å². The fourth-order valence-corrected chi connectivity index (χ4v) is 4.40. The summed E-state index contributed by atoms with van der Waals surface area (Å²) in [4.78, 5) is 35.6. The Labute approximate surface area is 213 Å². The Morgan fingerprint density at radius 1 is 0.944 bits per heavy atom. The van der Waals surface area contributed by atoms with Crippen molar-refractivity contribution in [1.29, 1.82) is 0 Å². The van der Waals surface area contributed by atoms with E-state index in [2.05, 4.69) is 15.3 Å². The van der Waals surface area contributed by atoms with Crippen LogP contribution in [0.2, 0.25) is 10.0 Å². The molecule has 0 saturated heterocycles. The molecule has 0 radical (unpaired) electrons. The van der Waals surface area contributed by atoms with Crippen LogP contribution < -0.4 is 5.56 Å². The zero-order valence-electron chi connectivity index (χ0n) is 18.8. The van der Waals surface area contributed by atoms with Gasteiger partial charge >= 0.3 is 11.9 Å². The lowest BCUT2D eigenvalue weighted by molar-refractivity contribution is 0.0696. The number of nitrogens with one attached hydrogen (secondary N) is 1. The molecule has 0 unspecified atom stereocenters. The smallest absolute Gasteiger partial charge is 0.335 e. The quantitative estimate of drug-likeness (QED) is 0.245. The van der Waals surface area contributed by atoms with Crippen LogP contribution in [0.5, 0.6) is 0 Å². The van der Waals surface area contributed by atoms with Gasteiger partial charge in [0.05, 0.1) is 32.6 Å². The number of carboxylic acid groups (broad SMARTS) is 2. The molecule has 0 aliphatic rings. The predicted octanol–water partition coefficient (Wildman–Crippen LogP) is 4.83. The van der Waals surface area contributed by atoms with Crippen LogP contribution in [0.15, 0.2) is 50.3 Å². The zero-order chi connectivity index (χ0) is 27.2. The summed E-state index contributed by atoms with van der Waals surface area (Å²) in [6.07, 6.45) is 0. The molecule has 0 fully saturated rings. The second kappa shape index (κ2) is 9.50. The number of azo groups is 1. The molecule has 2 aromatic carbocycles. The van der Waals surface area contributed by atoms with Gasteiger partial charge in [-0.05, 0) is 30.3 Å². The van der Waals surface area contributed by atoms with Crippen molar-refractivity contribution in [2.24, 2.45) is 10.2 Å². The summed E-state index contributed by atoms with van der Waals surface area (Å²) in [6.45, 7) is 5.26. The summed E-state index contributed by atoms with van der Waals surface area (Å²) in [5.41, 5.74) is -2.31. The highest BCUT2D eigenvalue weighted by atomic mass is 35.5. The Kier molecular flexibility index (Phi) is 7.15. The first kappa shape index (κ1) is 27.1. The highest BCUT2D eigenvalue weighted by Gasteiger charge is 2.26. The molecule has 4 N–H and O–H groups in total. The molecule has 0 saturated carbocycles. The van der Waals surface area contributed by atoms with Crippen molar-refractivity contribution in [3.8, 4) is 5.69 Å². The van der Waals surface area contributed by atoms with Gasteiger partial charge in [-0.25, -0.2) is 14.3 Å². The average molecular weight is 557 g/mol. The minimum Gasteiger partial charge on any atom is -0.478 e. The van der Waals surface area contributed by atoms with Gasteiger partial charge in [0.25, 0.3) is 15.7 Å². The van der Waals surface area contributed by atoms with Crippen molar-refractivity contribution in [2.75, 3.05) is 0 Å². The van der Waals surface area contributed by atoms with E-state index >= 15 is 0 Å². The highest BCUT2D eigenvalue weighted by Crippen LogP contribution is 2.35. The number of halogens is 2. The van der Waals surface area contributed by atoms with Crippen LogP contribution in [-0.2, 0) is 15.5 Å². The number of carbonyl (C=O) groups is 2. The van der Waals surface area contributed by atoms with Crippen LogP contribution in [0.1, 0.15) is 47.2 Å². The maximum absolute atomic E-state index is 13.3. The maximum atomic E-state index is 13.3. The number of hydrogen-bond donors (Lipinski definition) is 4. The van der Waals surface area contributed by atoms with E-state index in [1.54, 1.807) is 20.8 Å². The predicted molar refractivity (Wildman–Crippen MR) is 129 cm³/mol. The van der Waals surface area contributed by atoms with Crippen molar-refractivity contribution >= 4 is 56.6 Å². The molecule has 3 aromatic rings. The monoisotopic (exact) mass is 556 g/mol. The fraction of sp³-hybridized carbons (Fsp3) is 0.190. The molecule has 0 aliphatic heterocycles. The van der Waals surface area contributed by atoms with Gasteiger partial charge in [-0.3, -0.25) is 14.4 Å². The normalized spacial score (nSPS) is 12.3. The number of benzene rings is 2. The van der Waals surface area contributed by atoms with Gasteiger partial charge in [-0.1, -0.05) is 44.0 Å². The molecule has 3 rings (SSSR count). The van der Waals surface area contributed by atoms with E-state index in [1.807, 2.05) is 0 Å². The molecule has 0 spiro atoms. The van der Waals surface area contributed by atoms with E-state index in [4.69, 9.17) is 23.2 Å². The third-order valence-corrected chi connectivity index (χ3v) is 6.44. The lowest BCUT2D eigenvalue weighted by atomic mass is 9.91. The van der Waals surface area contributed by atoms with Crippen molar-refractivity contribution in [3.63, 3.8) is 0 Å². The Bertz CT molecular complexity index is 1570. The SMILES string of the molecule is CC(C)(C)c1[nH]n(-c2cc(C(=O)O)cc(C(=O)O)c2)c(=O)c1N=Nc1cc(Cl)c(S(=O)(=O)O)cc1Cl. The van der Waals surface area contributed by atoms with E-state index in [0.717, 1.165) is 35.0 Å². The van der Waals surface area contributed by atoms with Crippen LogP contribution in [-0.4, -0.2) is 44.9 Å². The molecular formula is C21H18Cl2N4O8S. The number of H-pyrrole nitrogens is 1. The number of carboxylic acids is 2. The third kappa shape index (κ3) is 5.49. The molecule has 190 valence electrons. The largest absolute Gasteiger partial charge is 0.478 e. The van der Waals surface area contributed by atoms with E-state index in [9.17, 15) is 37.6 Å². The number of hydrogen-bond acceptors (Lipinski definition) is 7. The van der Waals surface area contributed by atoms with Crippen molar-refractivity contribution < 1.29 is 32.8 Å². The molecule has 0 bridgehead atoms. The number of rotatable bonds is 6. The standard InChI is InChI=1S/C21H18Cl2N4O8S/c1-21(2,3)17-16(25-24-14-7-13(23)15(8-12(14)22)36(33,34)35)18(28)27(26-17)11-5-9(19(29)30)4-10(6-11)20(31)32/h4-8,26H,1-3H3,(H,29,30)(H,31,32)(H,33,34,35). The van der Waals surface area contributed by atoms with Gasteiger partial charge in [0, 0.05) is 5.41 Å². The minimum atomic E-state index is -4.65. The number of aromatic carboxylic acids is 2. The van der Waals surface area contributed by atoms with Crippen LogP contribution in [0, 0.1) is 0 Å².